The van der Waals surface area contributed by atoms with Gasteiger partial charge < -0.3 is 9.84 Å². The molecule has 0 bridgehead atoms. The van der Waals surface area contributed by atoms with Gasteiger partial charge in [-0.3, -0.25) is 0 Å². The predicted octanol–water partition coefficient (Wildman–Crippen LogP) is 8.28. The van der Waals surface area contributed by atoms with Crippen LogP contribution >= 0.6 is 23.2 Å². The lowest BCUT2D eigenvalue weighted by Crippen LogP contribution is -2.33. The van der Waals surface area contributed by atoms with Gasteiger partial charge in [0.15, 0.2) is 5.75 Å². The third-order valence-electron chi connectivity index (χ3n) is 5.75. The molecule has 0 saturated carbocycles. The van der Waals surface area contributed by atoms with Crippen molar-refractivity contribution in [3.8, 4) is 17.2 Å². The van der Waals surface area contributed by atoms with E-state index in [4.69, 9.17) is 27.9 Å². The van der Waals surface area contributed by atoms with Gasteiger partial charge in [-0.05, 0) is 78.3 Å². The summed E-state index contributed by atoms with van der Waals surface area (Å²) in [5, 5.41) is 10.5. The molecule has 3 aromatic rings. The van der Waals surface area contributed by atoms with Crippen LogP contribution in [0.5, 0.6) is 17.2 Å². The second-order valence-corrected chi connectivity index (χ2v) is 13.2. The zero-order chi connectivity index (χ0) is 27.4. The summed E-state index contributed by atoms with van der Waals surface area (Å²) in [6, 6.07) is 15.2. The number of phenols is 1. The predicted molar refractivity (Wildman–Crippen MR) is 146 cm³/mol. The fourth-order valence-electron chi connectivity index (χ4n) is 4.22. The van der Waals surface area contributed by atoms with Gasteiger partial charge in [0.25, 0.3) is 0 Å². The Morgan fingerprint density at radius 2 is 1.70 bits per heavy atom. The molecule has 0 radical (unpaired) electrons. The van der Waals surface area contributed by atoms with Gasteiger partial charge in [-0.15, -0.1) is 0 Å². The number of benzene rings is 3. The van der Waals surface area contributed by atoms with Gasteiger partial charge in [0.2, 0.25) is 10.0 Å². The Morgan fingerprint density at radius 1 is 1.03 bits per heavy atom. The molecule has 1 unspecified atom stereocenters. The fraction of sp³-hybridized carbons (Fsp3) is 0.357. The molecule has 1 N–H and O–H groups in total. The van der Waals surface area contributed by atoms with E-state index in [1.165, 1.54) is 40.7 Å². The number of hydrogen-bond acceptors (Lipinski definition) is 4. The molecule has 5 nitrogen and oxygen atoms in total. The Bertz CT molecular complexity index is 1320. The smallest absolute Gasteiger partial charge is 0.247 e. The molecule has 0 spiro atoms. The van der Waals surface area contributed by atoms with Crippen LogP contribution < -0.4 is 4.74 Å². The number of sulfonamides is 1. The third-order valence-corrected chi connectivity index (χ3v) is 8.11. The summed E-state index contributed by atoms with van der Waals surface area (Å²) < 4.78 is 47.9. The van der Waals surface area contributed by atoms with E-state index in [1.54, 1.807) is 24.3 Å². The van der Waals surface area contributed by atoms with Crippen LogP contribution in [-0.4, -0.2) is 24.4 Å². The second-order valence-electron chi connectivity index (χ2n) is 10.4. The Balaban J connectivity index is 1.91. The Hall–Kier alpha value is -2.32. The van der Waals surface area contributed by atoms with Crippen molar-refractivity contribution in [2.45, 2.75) is 52.0 Å². The molecule has 3 aromatic carbocycles. The van der Waals surface area contributed by atoms with Crippen LogP contribution in [0.25, 0.3) is 0 Å². The van der Waals surface area contributed by atoms with Gasteiger partial charge >= 0.3 is 0 Å². The van der Waals surface area contributed by atoms with E-state index in [0.717, 1.165) is 6.42 Å². The number of aromatic hydroxyl groups is 1. The summed E-state index contributed by atoms with van der Waals surface area (Å²) >= 11 is 12.1. The molecule has 0 saturated heterocycles. The zero-order valence-electron chi connectivity index (χ0n) is 21.3. The highest BCUT2D eigenvalue weighted by atomic mass is 35.5. The van der Waals surface area contributed by atoms with E-state index >= 15 is 0 Å². The van der Waals surface area contributed by atoms with Crippen LogP contribution in [0.1, 0.15) is 46.1 Å². The van der Waals surface area contributed by atoms with Crippen LogP contribution in [0.15, 0.2) is 65.6 Å². The Kier molecular flexibility index (Phi) is 9.51. The molecule has 37 heavy (non-hydrogen) atoms. The maximum Gasteiger partial charge on any atom is 0.247 e. The van der Waals surface area contributed by atoms with Gasteiger partial charge in [0.05, 0.1) is 5.02 Å². The molecule has 3 rings (SSSR count). The fourth-order valence-corrected chi connectivity index (χ4v) is 6.41. The highest BCUT2D eigenvalue weighted by Crippen LogP contribution is 2.37. The zero-order valence-corrected chi connectivity index (χ0v) is 23.7. The van der Waals surface area contributed by atoms with E-state index < -0.39 is 15.8 Å². The maximum absolute atomic E-state index is 13.7. The van der Waals surface area contributed by atoms with Crippen LogP contribution in [-0.2, 0) is 16.6 Å². The lowest BCUT2D eigenvalue weighted by molar-refractivity contribution is 0.276. The molecule has 200 valence electrons. The van der Waals surface area contributed by atoms with E-state index in [1.807, 2.05) is 0 Å². The van der Waals surface area contributed by atoms with Crippen molar-refractivity contribution in [1.82, 2.24) is 4.31 Å². The molecule has 0 aliphatic heterocycles. The average molecular weight is 569 g/mol. The summed E-state index contributed by atoms with van der Waals surface area (Å²) in [6.45, 7) is 8.81. The Labute approximate surface area is 228 Å². The number of rotatable bonds is 10. The maximum atomic E-state index is 13.7. The largest absolute Gasteiger partial charge is 0.505 e. The van der Waals surface area contributed by atoms with Crippen molar-refractivity contribution >= 4 is 33.2 Å². The van der Waals surface area contributed by atoms with Crippen molar-refractivity contribution in [2.75, 3.05) is 6.54 Å². The number of ether oxygens (including phenoxy) is 1. The lowest BCUT2D eigenvalue weighted by Gasteiger charge is -2.27. The molecular weight excluding hydrogens is 536 g/mol. The van der Waals surface area contributed by atoms with Crippen molar-refractivity contribution in [1.29, 1.82) is 0 Å². The van der Waals surface area contributed by atoms with Crippen molar-refractivity contribution in [2.24, 2.45) is 11.3 Å². The topological polar surface area (TPSA) is 66.8 Å². The lowest BCUT2D eigenvalue weighted by atomic mass is 9.84. The molecule has 1 atom stereocenters. The molecular formula is C28H32Cl2FNO4S. The first-order valence-electron chi connectivity index (χ1n) is 11.9. The van der Waals surface area contributed by atoms with E-state index in [0.29, 0.717) is 23.5 Å². The van der Waals surface area contributed by atoms with Gasteiger partial charge in [-0.1, -0.05) is 63.0 Å². The summed E-state index contributed by atoms with van der Waals surface area (Å²) in [5.74, 6) is 0.301. The monoisotopic (exact) mass is 567 g/mol. The standard InChI is InChI=1S/C28H32Cl2FNO4S/c1-19(17-28(2,3)4)12-13-32(37(34,35)26-16-21(29)15-25(30)27(26)33)18-20-6-5-7-24(14-20)36-23-10-8-22(31)9-11-23/h5-11,14-16,19,33H,12-13,17-18H2,1-4H3. The van der Waals surface area contributed by atoms with Crippen LogP contribution in [0.4, 0.5) is 4.39 Å². The van der Waals surface area contributed by atoms with Gasteiger partial charge in [0.1, 0.15) is 22.2 Å². The minimum absolute atomic E-state index is 0.0365. The SMILES string of the molecule is CC(CCN(Cc1cccc(Oc2ccc(F)cc2)c1)S(=O)(=O)c1cc(Cl)cc(Cl)c1O)CC(C)(C)C. The number of nitrogens with zero attached hydrogens (tertiary/aromatic N) is 1. The first-order chi connectivity index (χ1) is 17.2. The molecule has 0 amide bonds. The molecule has 0 aliphatic carbocycles. The normalized spacial score (nSPS) is 13.1. The molecule has 9 heteroatoms. The summed E-state index contributed by atoms with van der Waals surface area (Å²) in [4.78, 5) is -0.341. The molecule has 0 fully saturated rings. The quantitative estimate of drug-likeness (QED) is 0.267. The van der Waals surface area contributed by atoms with Crippen LogP contribution in [0.2, 0.25) is 10.0 Å². The summed E-state index contributed by atoms with van der Waals surface area (Å²) in [7, 11) is -4.16. The number of hydrogen-bond donors (Lipinski definition) is 1. The number of phenolic OH excluding ortho intramolecular Hbond substituents is 1. The van der Waals surface area contributed by atoms with E-state index in [9.17, 15) is 17.9 Å². The third kappa shape index (κ3) is 8.34. The Morgan fingerprint density at radius 3 is 2.35 bits per heavy atom. The molecule has 0 aromatic heterocycles. The number of halogens is 3. The van der Waals surface area contributed by atoms with Gasteiger partial charge in [-0.25, -0.2) is 12.8 Å². The van der Waals surface area contributed by atoms with E-state index in [2.05, 4.69) is 27.7 Å². The van der Waals surface area contributed by atoms with Crippen molar-refractivity contribution in [3.63, 3.8) is 0 Å². The highest BCUT2D eigenvalue weighted by molar-refractivity contribution is 7.89. The van der Waals surface area contributed by atoms with Crippen LogP contribution in [0.3, 0.4) is 0 Å². The second kappa shape index (κ2) is 12.0. The average Bonchev–Trinajstić information content (AvgIpc) is 2.79. The summed E-state index contributed by atoms with van der Waals surface area (Å²) in [5.41, 5.74) is 0.785. The highest BCUT2D eigenvalue weighted by Gasteiger charge is 2.30. The minimum Gasteiger partial charge on any atom is -0.505 e. The first-order valence-corrected chi connectivity index (χ1v) is 14.1. The summed E-state index contributed by atoms with van der Waals surface area (Å²) in [6.07, 6.45) is 1.55. The van der Waals surface area contributed by atoms with Crippen molar-refractivity contribution < 1.29 is 22.7 Å². The van der Waals surface area contributed by atoms with E-state index in [-0.39, 0.29) is 45.2 Å². The molecule has 0 aliphatic rings. The molecule has 0 heterocycles. The van der Waals surface area contributed by atoms with Crippen LogP contribution in [0, 0.1) is 17.2 Å². The minimum atomic E-state index is -4.16. The van der Waals surface area contributed by atoms with Crippen molar-refractivity contribution in [3.05, 3.63) is 82.1 Å². The first kappa shape index (κ1) is 29.2. The van der Waals surface area contributed by atoms with Gasteiger partial charge in [0, 0.05) is 18.1 Å². The van der Waals surface area contributed by atoms with Gasteiger partial charge in [-0.2, -0.15) is 4.31 Å².